The van der Waals surface area contributed by atoms with Crippen molar-refractivity contribution in [3.05, 3.63) is 65.2 Å². The molecule has 2 heterocycles. The van der Waals surface area contributed by atoms with E-state index in [1.54, 1.807) is 20.3 Å². The van der Waals surface area contributed by atoms with Gasteiger partial charge >= 0.3 is 0 Å². The number of hydrogen-bond donors (Lipinski definition) is 0. The van der Waals surface area contributed by atoms with Gasteiger partial charge in [-0.15, -0.1) is 0 Å². The second kappa shape index (κ2) is 8.70. The molecule has 1 fully saturated rings. The third-order valence-corrected chi connectivity index (χ3v) is 5.98. The van der Waals surface area contributed by atoms with Crippen molar-refractivity contribution >= 4 is 12.0 Å². The Morgan fingerprint density at radius 2 is 1.83 bits per heavy atom. The number of amides is 1. The summed E-state index contributed by atoms with van der Waals surface area (Å²) in [6.07, 6.45) is 5.64. The van der Waals surface area contributed by atoms with Crippen LogP contribution >= 0.6 is 0 Å². The standard InChI is InChI=1S/C24H28N2O3/c1-28-22-9-7-18(15-23(22)29-2)8-10-24(27)26-14-12-21(17-26)25-13-11-19-5-3-4-6-20(19)16-25/h3-10,15,21H,11-14,16-17H2,1-2H3/b10-8+/t21-/m1/s1. The topological polar surface area (TPSA) is 42.0 Å². The van der Waals surface area contributed by atoms with Crippen LogP contribution in [0.15, 0.2) is 48.5 Å². The van der Waals surface area contributed by atoms with Crippen molar-refractivity contribution in [3.8, 4) is 11.5 Å². The minimum atomic E-state index is 0.0692. The highest BCUT2D eigenvalue weighted by Crippen LogP contribution is 2.28. The Morgan fingerprint density at radius 3 is 2.62 bits per heavy atom. The smallest absolute Gasteiger partial charge is 0.246 e. The van der Waals surface area contributed by atoms with Crippen LogP contribution in [0.5, 0.6) is 11.5 Å². The largest absolute Gasteiger partial charge is 0.493 e. The van der Waals surface area contributed by atoms with Crippen molar-refractivity contribution < 1.29 is 14.3 Å². The summed E-state index contributed by atoms with van der Waals surface area (Å²) in [5, 5.41) is 0. The summed E-state index contributed by atoms with van der Waals surface area (Å²) in [7, 11) is 3.22. The van der Waals surface area contributed by atoms with Gasteiger partial charge in [-0.25, -0.2) is 0 Å². The van der Waals surface area contributed by atoms with Crippen molar-refractivity contribution in [2.45, 2.75) is 25.4 Å². The molecule has 0 spiro atoms. The molecule has 0 saturated carbocycles. The zero-order valence-electron chi connectivity index (χ0n) is 17.1. The normalized spacial score (nSPS) is 19.4. The average Bonchev–Trinajstić information content (AvgIpc) is 3.27. The van der Waals surface area contributed by atoms with Gasteiger partial charge < -0.3 is 14.4 Å². The first-order valence-corrected chi connectivity index (χ1v) is 10.2. The van der Waals surface area contributed by atoms with Crippen molar-refractivity contribution in [2.24, 2.45) is 0 Å². The summed E-state index contributed by atoms with van der Waals surface area (Å²) < 4.78 is 10.6. The highest BCUT2D eigenvalue weighted by Gasteiger charge is 2.31. The summed E-state index contributed by atoms with van der Waals surface area (Å²) in [5.74, 6) is 1.41. The monoisotopic (exact) mass is 392 g/mol. The molecular weight excluding hydrogens is 364 g/mol. The molecule has 1 amide bonds. The molecule has 29 heavy (non-hydrogen) atoms. The number of benzene rings is 2. The van der Waals surface area contributed by atoms with E-state index in [4.69, 9.17) is 9.47 Å². The predicted molar refractivity (Wildman–Crippen MR) is 114 cm³/mol. The molecule has 2 aromatic rings. The van der Waals surface area contributed by atoms with Gasteiger partial charge in [0.05, 0.1) is 14.2 Å². The number of methoxy groups -OCH3 is 2. The Labute approximate surface area is 172 Å². The highest BCUT2D eigenvalue weighted by molar-refractivity contribution is 5.92. The van der Waals surface area contributed by atoms with Gasteiger partial charge in [0, 0.05) is 38.3 Å². The van der Waals surface area contributed by atoms with Crippen molar-refractivity contribution in [1.29, 1.82) is 0 Å². The summed E-state index contributed by atoms with van der Waals surface area (Å²) in [6.45, 7) is 3.69. The second-order valence-corrected chi connectivity index (χ2v) is 7.66. The van der Waals surface area contributed by atoms with Gasteiger partial charge in [-0.05, 0) is 47.7 Å². The van der Waals surface area contributed by atoms with Gasteiger partial charge in [0.25, 0.3) is 0 Å². The van der Waals surface area contributed by atoms with Crippen LogP contribution in [0.3, 0.4) is 0 Å². The lowest BCUT2D eigenvalue weighted by Crippen LogP contribution is -2.41. The van der Waals surface area contributed by atoms with Crippen LogP contribution in [-0.2, 0) is 17.8 Å². The average molecular weight is 392 g/mol. The van der Waals surface area contributed by atoms with Crippen LogP contribution < -0.4 is 9.47 Å². The van der Waals surface area contributed by atoms with E-state index in [1.807, 2.05) is 29.2 Å². The van der Waals surface area contributed by atoms with E-state index in [9.17, 15) is 4.79 Å². The number of fused-ring (bicyclic) bond motifs is 1. The van der Waals surface area contributed by atoms with E-state index in [0.29, 0.717) is 17.5 Å². The van der Waals surface area contributed by atoms with Gasteiger partial charge in [0.15, 0.2) is 11.5 Å². The molecule has 2 aliphatic heterocycles. The molecule has 5 heteroatoms. The van der Waals surface area contributed by atoms with Gasteiger partial charge in [0.2, 0.25) is 5.91 Å². The minimum absolute atomic E-state index is 0.0692. The molecule has 0 N–H and O–H groups in total. The van der Waals surface area contributed by atoms with Crippen LogP contribution in [0.1, 0.15) is 23.1 Å². The molecule has 1 atom stereocenters. The zero-order chi connectivity index (χ0) is 20.2. The fourth-order valence-corrected chi connectivity index (χ4v) is 4.30. The lowest BCUT2D eigenvalue weighted by Gasteiger charge is -2.33. The molecule has 2 aliphatic rings. The van der Waals surface area contributed by atoms with Gasteiger partial charge in [-0.1, -0.05) is 30.3 Å². The zero-order valence-corrected chi connectivity index (χ0v) is 17.1. The molecule has 5 nitrogen and oxygen atoms in total. The fourth-order valence-electron chi connectivity index (χ4n) is 4.30. The van der Waals surface area contributed by atoms with Crippen molar-refractivity contribution in [1.82, 2.24) is 9.80 Å². The third-order valence-electron chi connectivity index (χ3n) is 5.98. The number of ether oxygens (including phenoxy) is 2. The molecule has 2 aromatic carbocycles. The molecule has 0 radical (unpaired) electrons. The Bertz CT molecular complexity index is 909. The summed E-state index contributed by atoms with van der Waals surface area (Å²) in [5.41, 5.74) is 3.81. The van der Waals surface area contributed by atoms with Crippen LogP contribution in [-0.4, -0.2) is 55.6 Å². The van der Waals surface area contributed by atoms with E-state index in [-0.39, 0.29) is 5.91 Å². The minimum Gasteiger partial charge on any atom is -0.493 e. The molecule has 4 rings (SSSR count). The van der Waals surface area contributed by atoms with Crippen LogP contribution in [0.2, 0.25) is 0 Å². The number of carbonyl (C=O) groups is 1. The number of hydrogen-bond acceptors (Lipinski definition) is 4. The maximum Gasteiger partial charge on any atom is 0.246 e. The molecule has 0 bridgehead atoms. The van der Waals surface area contributed by atoms with Crippen LogP contribution in [0, 0.1) is 0 Å². The highest BCUT2D eigenvalue weighted by atomic mass is 16.5. The molecule has 1 saturated heterocycles. The van der Waals surface area contributed by atoms with Crippen molar-refractivity contribution in [3.63, 3.8) is 0 Å². The first-order chi connectivity index (χ1) is 14.2. The first kappa shape index (κ1) is 19.5. The number of nitrogens with zero attached hydrogens (tertiary/aromatic N) is 2. The maximum absolute atomic E-state index is 12.7. The van der Waals surface area contributed by atoms with Crippen LogP contribution in [0.25, 0.3) is 6.08 Å². The summed E-state index contributed by atoms with van der Waals surface area (Å²) >= 11 is 0. The maximum atomic E-state index is 12.7. The summed E-state index contributed by atoms with van der Waals surface area (Å²) in [6, 6.07) is 14.8. The van der Waals surface area contributed by atoms with E-state index in [2.05, 4.69) is 29.2 Å². The van der Waals surface area contributed by atoms with Gasteiger partial charge in [-0.3, -0.25) is 9.69 Å². The van der Waals surface area contributed by atoms with Crippen molar-refractivity contribution in [2.75, 3.05) is 33.9 Å². The number of likely N-dealkylation sites (tertiary alicyclic amines) is 1. The fraction of sp³-hybridized carbons (Fsp3) is 0.375. The quantitative estimate of drug-likeness (QED) is 0.732. The lowest BCUT2D eigenvalue weighted by atomic mass is 9.98. The predicted octanol–water partition coefficient (Wildman–Crippen LogP) is 3.38. The summed E-state index contributed by atoms with van der Waals surface area (Å²) in [4.78, 5) is 17.2. The number of carbonyl (C=O) groups excluding carboxylic acids is 1. The lowest BCUT2D eigenvalue weighted by molar-refractivity contribution is -0.125. The van der Waals surface area contributed by atoms with E-state index in [1.165, 1.54) is 11.1 Å². The SMILES string of the molecule is COc1ccc(/C=C/C(=O)N2CC[C@@H](N3CCc4ccccc4C3)C2)cc1OC. The third kappa shape index (κ3) is 4.30. The van der Waals surface area contributed by atoms with Gasteiger partial charge in [0.1, 0.15) is 0 Å². The van der Waals surface area contributed by atoms with E-state index in [0.717, 1.165) is 44.6 Å². The Kier molecular flexibility index (Phi) is 5.86. The molecule has 0 aromatic heterocycles. The Balaban J connectivity index is 1.36. The van der Waals surface area contributed by atoms with Gasteiger partial charge in [-0.2, -0.15) is 0 Å². The molecular formula is C24H28N2O3. The first-order valence-electron chi connectivity index (χ1n) is 10.2. The molecule has 0 aliphatic carbocycles. The Hall–Kier alpha value is -2.79. The number of rotatable bonds is 5. The van der Waals surface area contributed by atoms with E-state index < -0.39 is 0 Å². The Morgan fingerprint density at radius 1 is 1.03 bits per heavy atom. The van der Waals surface area contributed by atoms with Crippen LogP contribution in [0.4, 0.5) is 0 Å². The second-order valence-electron chi connectivity index (χ2n) is 7.66. The molecule has 0 unspecified atom stereocenters. The molecule has 152 valence electrons. The van der Waals surface area contributed by atoms with E-state index >= 15 is 0 Å².